The quantitative estimate of drug-likeness (QED) is 0.177. The van der Waals surface area contributed by atoms with Gasteiger partial charge in [0.25, 0.3) is 0 Å². The fraction of sp³-hybridized carbons (Fsp3) is 0.0182. The molecular weight excluding hydrogens is 707 g/mol. The Morgan fingerprint density at radius 2 is 0.965 bits per heavy atom. The van der Waals surface area contributed by atoms with Crippen LogP contribution >= 0.6 is 11.8 Å². The molecule has 10 aromatic carbocycles. The monoisotopic (exact) mass is 741 g/mol. The average Bonchev–Trinajstić information content (AvgIpc) is 3.28. The molecule has 0 saturated heterocycles. The first-order valence-corrected chi connectivity index (χ1v) is 20.5. The van der Waals surface area contributed by atoms with E-state index in [-0.39, 0.29) is 0 Å². The normalized spacial score (nSPS) is 15.0. The summed E-state index contributed by atoms with van der Waals surface area (Å²) in [6.07, 6.45) is 0. The zero-order valence-corrected chi connectivity index (χ0v) is 31.9. The van der Waals surface area contributed by atoms with Crippen LogP contribution in [-0.2, 0) is 5.41 Å². The summed E-state index contributed by atoms with van der Waals surface area (Å²) in [7, 11) is 0. The Balaban J connectivity index is 1.14. The van der Waals surface area contributed by atoms with Crippen molar-refractivity contribution in [1.29, 1.82) is 0 Å². The van der Waals surface area contributed by atoms with Gasteiger partial charge < -0.3 is 4.90 Å². The van der Waals surface area contributed by atoms with E-state index in [1.54, 1.807) is 0 Å². The van der Waals surface area contributed by atoms with Crippen LogP contribution < -0.4 is 4.90 Å². The molecule has 1 heterocycles. The predicted molar refractivity (Wildman–Crippen MR) is 241 cm³/mol. The summed E-state index contributed by atoms with van der Waals surface area (Å²) in [6.45, 7) is 0. The lowest BCUT2D eigenvalue weighted by atomic mass is 9.59. The number of fused-ring (bicyclic) bond motifs is 10. The molecule has 0 N–H and O–H groups in total. The second-order valence-electron chi connectivity index (χ2n) is 15.2. The third-order valence-electron chi connectivity index (χ3n) is 12.3. The molecule has 2 aliphatic rings. The Morgan fingerprint density at radius 3 is 1.88 bits per heavy atom. The minimum absolute atomic E-state index is 0.488. The highest BCUT2D eigenvalue weighted by atomic mass is 32.2. The van der Waals surface area contributed by atoms with E-state index in [1.807, 2.05) is 11.8 Å². The molecule has 12 rings (SSSR count). The van der Waals surface area contributed by atoms with E-state index >= 15 is 0 Å². The van der Waals surface area contributed by atoms with E-state index in [0.717, 1.165) is 17.1 Å². The molecule has 10 aromatic rings. The zero-order chi connectivity index (χ0) is 37.5. The number of benzene rings is 10. The Hall–Kier alpha value is -6.87. The third-order valence-corrected chi connectivity index (χ3v) is 13.4. The van der Waals surface area contributed by atoms with Crippen molar-refractivity contribution in [1.82, 2.24) is 0 Å². The van der Waals surface area contributed by atoms with Crippen LogP contribution in [0.1, 0.15) is 22.3 Å². The van der Waals surface area contributed by atoms with Gasteiger partial charge in [-0.3, -0.25) is 0 Å². The molecule has 0 aromatic heterocycles. The van der Waals surface area contributed by atoms with Gasteiger partial charge in [0.15, 0.2) is 0 Å². The Morgan fingerprint density at radius 1 is 0.351 bits per heavy atom. The van der Waals surface area contributed by atoms with Gasteiger partial charge in [-0.15, -0.1) is 0 Å². The Labute approximate surface area is 336 Å². The molecule has 1 aliphatic carbocycles. The number of nitrogens with zero attached hydrogens (tertiary/aromatic N) is 1. The molecule has 0 saturated carbocycles. The van der Waals surface area contributed by atoms with E-state index in [2.05, 4.69) is 217 Å². The molecule has 0 bridgehead atoms. The highest BCUT2D eigenvalue weighted by Crippen LogP contribution is 2.61. The minimum atomic E-state index is -0.488. The molecular formula is C55H35NS. The van der Waals surface area contributed by atoms with Crippen molar-refractivity contribution >= 4 is 61.1 Å². The van der Waals surface area contributed by atoms with Crippen molar-refractivity contribution in [3.8, 4) is 22.3 Å². The van der Waals surface area contributed by atoms with E-state index in [1.165, 1.54) is 86.6 Å². The van der Waals surface area contributed by atoms with Gasteiger partial charge in [0.1, 0.15) is 0 Å². The van der Waals surface area contributed by atoms with Crippen molar-refractivity contribution in [3.63, 3.8) is 0 Å². The number of anilines is 3. The van der Waals surface area contributed by atoms with Gasteiger partial charge in [0.05, 0.1) is 11.1 Å². The van der Waals surface area contributed by atoms with Crippen LogP contribution in [0, 0.1) is 0 Å². The van der Waals surface area contributed by atoms with Crippen LogP contribution in [0.4, 0.5) is 17.1 Å². The first-order valence-electron chi connectivity index (χ1n) is 19.7. The first kappa shape index (κ1) is 32.4. The summed E-state index contributed by atoms with van der Waals surface area (Å²) in [5, 5.41) is 7.52. The number of hydrogen-bond donors (Lipinski definition) is 0. The molecule has 1 aliphatic heterocycles. The standard InChI is InChI=1S/C55H35NS/c1-2-15-37(16-3-1)42-21-12-23-45-43(42)22-13-28-51(45)56(40-31-30-36-14-4-5-17-39(36)34-40)41-32-33-49-53(35-41)57-52-29-9-8-26-48(52)55(49)47-25-7-6-20-44(47)46-24-10-18-38-19-11-27-50(55)54(38)46/h1-35H. The molecule has 0 amide bonds. The van der Waals surface area contributed by atoms with E-state index < -0.39 is 5.41 Å². The van der Waals surface area contributed by atoms with Crippen LogP contribution in [0.25, 0.3) is 54.6 Å². The van der Waals surface area contributed by atoms with Crippen molar-refractivity contribution < 1.29 is 0 Å². The third kappa shape index (κ3) is 4.72. The topological polar surface area (TPSA) is 3.24 Å². The minimum Gasteiger partial charge on any atom is -0.310 e. The lowest BCUT2D eigenvalue weighted by Gasteiger charge is -2.46. The molecule has 1 spiro atoms. The fourth-order valence-electron chi connectivity index (χ4n) is 9.92. The van der Waals surface area contributed by atoms with Gasteiger partial charge in [-0.1, -0.05) is 188 Å². The summed E-state index contributed by atoms with van der Waals surface area (Å²) >= 11 is 1.90. The van der Waals surface area contributed by atoms with Crippen LogP contribution in [0.2, 0.25) is 0 Å². The lowest BCUT2D eigenvalue weighted by Crippen LogP contribution is -2.36. The SMILES string of the molecule is c1ccc(-c2cccc3c(N(c4ccc5c(c4)Sc4ccccc4C54c5ccccc5-c5cccc6cccc4c56)c4ccc5ccccc5c4)cccc23)cc1. The number of rotatable bonds is 4. The zero-order valence-electron chi connectivity index (χ0n) is 31.1. The molecule has 0 fully saturated rings. The lowest BCUT2D eigenvalue weighted by molar-refractivity contribution is 0.707. The molecule has 1 nitrogen and oxygen atoms in total. The summed E-state index contributed by atoms with van der Waals surface area (Å²) in [5.41, 5.74) is 13.4. The highest BCUT2D eigenvalue weighted by Gasteiger charge is 2.48. The van der Waals surface area contributed by atoms with Gasteiger partial charge in [-0.25, -0.2) is 0 Å². The summed E-state index contributed by atoms with van der Waals surface area (Å²) < 4.78 is 0. The second-order valence-corrected chi connectivity index (χ2v) is 16.3. The maximum Gasteiger partial charge on any atom is 0.0735 e. The summed E-state index contributed by atoms with van der Waals surface area (Å²) in [6, 6.07) is 78.9. The molecule has 57 heavy (non-hydrogen) atoms. The van der Waals surface area contributed by atoms with E-state index in [0.29, 0.717) is 0 Å². The fourth-order valence-corrected chi connectivity index (χ4v) is 11.1. The predicted octanol–water partition coefficient (Wildman–Crippen LogP) is 15.1. The Kier molecular flexibility index (Phi) is 7.14. The largest absolute Gasteiger partial charge is 0.310 e. The van der Waals surface area contributed by atoms with Crippen molar-refractivity contribution in [2.24, 2.45) is 0 Å². The average molecular weight is 742 g/mol. The van der Waals surface area contributed by atoms with Gasteiger partial charge in [0.2, 0.25) is 0 Å². The highest BCUT2D eigenvalue weighted by molar-refractivity contribution is 7.99. The van der Waals surface area contributed by atoms with Gasteiger partial charge in [-0.05, 0) is 108 Å². The molecule has 2 heteroatoms. The molecule has 266 valence electrons. The molecule has 0 radical (unpaired) electrons. The van der Waals surface area contributed by atoms with Crippen LogP contribution in [-0.4, -0.2) is 0 Å². The maximum absolute atomic E-state index is 2.47. The van der Waals surface area contributed by atoms with E-state index in [9.17, 15) is 0 Å². The van der Waals surface area contributed by atoms with Crippen molar-refractivity contribution in [3.05, 3.63) is 235 Å². The van der Waals surface area contributed by atoms with Crippen molar-refractivity contribution in [2.45, 2.75) is 15.2 Å². The van der Waals surface area contributed by atoms with Crippen molar-refractivity contribution in [2.75, 3.05) is 4.90 Å². The van der Waals surface area contributed by atoms with Crippen LogP contribution in [0.3, 0.4) is 0 Å². The second kappa shape index (κ2) is 12.6. The van der Waals surface area contributed by atoms with Gasteiger partial charge in [-0.2, -0.15) is 0 Å². The first-order chi connectivity index (χ1) is 28.3. The van der Waals surface area contributed by atoms with Gasteiger partial charge in [0, 0.05) is 26.6 Å². The summed E-state index contributed by atoms with van der Waals surface area (Å²) in [5.74, 6) is 0. The Bertz CT molecular complexity index is 3230. The molecule has 1 atom stereocenters. The number of hydrogen-bond acceptors (Lipinski definition) is 2. The smallest absolute Gasteiger partial charge is 0.0735 e. The maximum atomic E-state index is 2.47. The summed E-state index contributed by atoms with van der Waals surface area (Å²) in [4.78, 5) is 5.04. The van der Waals surface area contributed by atoms with Crippen LogP contribution in [0.5, 0.6) is 0 Å². The molecule has 1 unspecified atom stereocenters. The van der Waals surface area contributed by atoms with Gasteiger partial charge >= 0.3 is 0 Å². The van der Waals surface area contributed by atoms with E-state index in [4.69, 9.17) is 0 Å². The van der Waals surface area contributed by atoms with Crippen LogP contribution in [0.15, 0.2) is 222 Å².